The molecule has 1 N–H and O–H groups in total. The Hall–Kier alpha value is 0.150. The molecule has 0 heterocycles. The third-order valence-electron chi connectivity index (χ3n) is 2.06. The van der Waals surface area contributed by atoms with Crippen molar-refractivity contribution in [2.45, 2.75) is 10.9 Å². The van der Waals surface area contributed by atoms with E-state index < -0.39 is 10.0 Å². The minimum Gasteiger partial charge on any atom is -0.383 e. The van der Waals surface area contributed by atoms with Crippen LogP contribution >= 0.6 is 39.1 Å². The van der Waals surface area contributed by atoms with E-state index in [2.05, 4.69) is 20.7 Å². The maximum absolute atomic E-state index is 12.1. The second-order valence-corrected chi connectivity index (χ2v) is 6.68. The van der Waals surface area contributed by atoms with Gasteiger partial charge in [0.2, 0.25) is 10.0 Å². The third kappa shape index (κ3) is 4.36. The number of sulfonamides is 1. The Balaban J connectivity index is 3.02. The van der Waals surface area contributed by atoms with Crippen molar-refractivity contribution in [2.24, 2.45) is 0 Å². The van der Waals surface area contributed by atoms with Gasteiger partial charge in [-0.15, -0.1) is 0 Å². The lowest BCUT2D eigenvalue weighted by Gasteiger charge is -2.16. The molecule has 1 atom stereocenters. The van der Waals surface area contributed by atoms with Crippen molar-refractivity contribution >= 4 is 49.2 Å². The molecule has 0 aliphatic carbocycles. The minimum absolute atomic E-state index is 0.0429. The summed E-state index contributed by atoms with van der Waals surface area (Å²) in [4.78, 5) is -0.0429. The maximum Gasteiger partial charge on any atom is 0.242 e. The zero-order chi connectivity index (χ0) is 13.8. The molecule has 102 valence electrons. The quantitative estimate of drug-likeness (QED) is 0.776. The van der Waals surface area contributed by atoms with Crippen LogP contribution in [0.5, 0.6) is 0 Å². The van der Waals surface area contributed by atoms with Crippen molar-refractivity contribution in [2.75, 3.05) is 19.0 Å². The van der Waals surface area contributed by atoms with Gasteiger partial charge in [0, 0.05) is 17.5 Å². The summed E-state index contributed by atoms with van der Waals surface area (Å²) >= 11 is 14.8. The van der Waals surface area contributed by atoms with Crippen molar-refractivity contribution in [3.63, 3.8) is 0 Å². The zero-order valence-electron chi connectivity index (χ0n) is 9.49. The van der Waals surface area contributed by atoms with E-state index in [1.54, 1.807) is 0 Å². The van der Waals surface area contributed by atoms with E-state index >= 15 is 0 Å². The van der Waals surface area contributed by atoms with Crippen LogP contribution in [-0.2, 0) is 14.8 Å². The number of alkyl halides is 1. The van der Waals surface area contributed by atoms with Crippen LogP contribution in [0.15, 0.2) is 23.1 Å². The van der Waals surface area contributed by atoms with Gasteiger partial charge in [-0.25, -0.2) is 13.1 Å². The number of methoxy groups -OCH3 is 1. The fraction of sp³-hybridized carbons (Fsp3) is 0.400. The summed E-state index contributed by atoms with van der Waals surface area (Å²) in [5, 5.41) is 0.859. The fourth-order valence-corrected chi connectivity index (χ4v) is 3.82. The highest BCUT2D eigenvalue weighted by Gasteiger charge is 2.22. The molecular formula is C10H12BrCl2NO3S. The molecule has 0 fully saturated rings. The molecule has 4 nitrogen and oxygen atoms in total. The molecule has 1 rings (SSSR count). The Bertz CT molecular complexity index is 510. The molecule has 0 saturated carbocycles. The normalized spacial score (nSPS) is 13.6. The lowest BCUT2D eigenvalue weighted by Crippen LogP contribution is -2.39. The van der Waals surface area contributed by atoms with Crippen LogP contribution in [0.2, 0.25) is 10.0 Å². The number of rotatable bonds is 6. The minimum atomic E-state index is -3.72. The summed E-state index contributed by atoms with van der Waals surface area (Å²) in [6.45, 7) is 0.253. The van der Waals surface area contributed by atoms with Crippen molar-refractivity contribution in [3.8, 4) is 0 Å². The predicted molar refractivity (Wildman–Crippen MR) is 76.2 cm³/mol. The first-order valence-electron chi connectivity index (χ1n) is 4.93. The first kappa shape index (κ1) is 16.2. The average molecular weight is 377 g/mol. The second kappa shape index (κ2) is 7.07. The smallest absolute Gasteiger partial charge is 0.242 e. The average Bonchev–Trinajstić information content (AvgIpc) is 2.31. The monoisotopic (exact) mass is 375 g/mol. The summed E-state index contributed by atoms with van der Waals surface area (Å²) < 4.78 is 31.6. The Morgan fingerprint density at radius 3 is 2.67 bits per heavy atom. The van der Waals surface area contributed by atoms with E-state index in [0.717, 1.165) is 0 Å². The summed E-state index contributed by atoms with van der Waals surface area (Å²) in [7, 11) is -2.23. The van der Waals surface area contributed by atoms with Crippen LogP contribution < -0.4 is 4.72 Å². The highest BCUT2D eigenvalue weighted by molar-refractivity contribution is 9.09. The SMILES string of the molecule is COCC(CBr)NS(=O)(=O)c1cc(Cl)ccc1Cl. The zero-order valence-corrected chi connectivity index (χ0v) is 13.4. The third-order valence-corrected chi connectivity index (χ3v) is 5.08. The highest BCUT2D eigenvalue weighted by Crippen LogP contribution is 2.25. The molecule has 0 bridgehead atoms. The van der Waals surface area contributed by atoms with E-state index in [9.17, 15) is 8.42 Å². The number of hydrogen-bond acceptors (Lipinski definition) is 3. The number of hydrogen-bond donors (Lipinski definition) is 1. The van der Waals surface area contributed by atoms with Crippen molar-refractivity contribution in [1.29, 1.82) is 0 Å². The van der Waals surface area contributed by atoms with Crippen LogP contribution in [0.3, 0.4) is 0 Å². The maximum atomic E-state index is 12.1. The largest absolute Gasteiger partial charge is 0.383 e. The summed E-state index contributed by atoms with van der Waals surface area (Å²) in [6, 6.07) is 3.90. The summed E-state index contributed by atoms with van der Waals surface area (Å²) in [5.74, 6) is 0. The van der Waals surface area contributed by atoms with Gasteiger partial charge >= 0.3 is 0 Å². The topological polar surface area (TPSA) is 55.4 Å². The van der Waals surface area contributed by atoms with Gasteiger partial charge in [0.05, 0.1) is 17.7 Å². The van der Waals surface area contributed by atoms with Crippen molar-refractivity contribution in [3.05, 3.63) is 28.2 Å². The lowest BCUT2D eigenvalue weighted by atomic mass is 10.4. The lowest BCUT2D eigenvalue weighted by molar-refractivity contribution is 0.182. The Labute approximate surface area is 125 Å². The Morgan fingerprint density at radius 2 is 2.11 bits per heavy atom. The molecule has 1 aromatic rings. The number of nitrogens with one attached hydrogen (secondary N) is 1. The van der Waals surface area contributed by atoms with Gasteiger partial charge in [0.1, 0.15) is 4.90 Å². The van der Waals surface area contributed by atoms with E-state index in [-0.39, 0.29) is 22.6 Å². The van der Waals surface area contributed by atoms with Gasteiger partial charge in [0.25, 0.3) is 0 Å². The fourth-order valence-electron chi connectivity index (χ4n) is 1.28. The van der Waals surface area contributed by atoms with Crippen LogP contribution in [0, 0.1) is 0 Å². The molecule has 0 radical (unpaired) electrons. The highest BCUT2D eigenvalue weighted by atomic mass is 79.9. The van der Waals surface area contributed by atoms with Gasteiger partial charge in [-0.3, -0.25) is 0 Å². The second-order valence-electron chi connectivity index (χ2n) is 3.50. The standard InChI is InChI=1S/C10H12BrCl2NO3S/c1-17-6-8(5-11)14-18(15,16)10-4-7(12)2-3-9(10)13/h2-4,8,14H,5-6H2,1H3. The summed E-state index contributed by atoms with van der Waals surface area (Å²) in [6.07, 6.45) is 0. The molecule has 0 amide bonds. The summed E-state index contributed by atoms with van der Waals surface area (Å²) in [5.41, 5.74) is 0. The van der Waals surface area contributed by atoms with Crippen molar-refractivity contribution in [1.82, 2.24) is 4.72 Å². The molecule has 0 saturated heterocycles. The molecule has 8 heteroatoms. The number of ether oxygens (including phenoxy) is 1. The molecule has 1 aromatic carbocycles. The molecule has 0 aliphatic rings. The van der Waals surface area contributed by atoms with Crippen LogP contribution in [0.4, 0.5) is 0 Å². The Morgan fingerprint density at radius 1 is 1.44 bits per heavy atom. The molecule has 0 aliphatic heterocycles. The van der Waals surface area contributed by atoms with E-state index in [1.807, 2.05) is 0 Å². The van der Waals surface area contributed by atoms with E-state index in [1.165, 1.54) is 25.3 Å². The molecule has 0 aromatic heterocycles. The van der Waals surface area contributed by atoms with Gasteiger partial charge in [-0.2, -0.15) is 0 Å². The van der Waals surface area contributed by atoms with Gasteiger partial charge < -0.3 is 4.74 Å². The first-order valence-corrected chi connectivity index (χ1v) is 8.29. The van der Waals surface area contributed by atoms with Crippen molar-refractivity contribution < 1.29 is 13.2 Å². The first-order chi connectivity index (χ1) is 8.40. The number of halogens is 3. The molecule has 18 heavy (non-hydrogen) atoms. The molecule has 0 spiro atoms. The van der Waals surface area contributed by atoms with Gasteiger partial charge in [0.15, 0.2) is 0 Å². The number of benzene rings is 1. The van der Waals surface area contributed by atoms with Crippen LogP contribution in [0.25, 0.3) is 0 Å². The van der Waals surface area contributed by atoms with E-state index in [0.29, 0.717) is 10.4 Å². The molecule has 1 unspecified atom stereocenters. The molecular weight excluding hydrogens is 365 g/mol. The van der Waals surface area contributed by atoms with E-state index in [4.69, 9.17) is 27.9 Å². The van der Waals surface area contributed by atoms with Gasteiger partial charge in [-0.05, 0) is 18.2 Å². The van der Waals surface area contributed by atoms with Gasteiger partial charge in [-0.1, -0.05) is 39.1 Å². The van der Waals surface area contributed by atoms with Crippen LogP contribution in [-0.4, -0.2) is 33.5 Å². The van der Waals surface area contributed by atoms with Crippen LogP contribution in [0.1, 0.15) is 0 Å². The Kier molecular flexibility index (Phi) is 6.37. The predicted octanol–water partition coefficient (Wildman–Crippen LogP) is 2.68.